The van der Waals surface area contributed by atoms with E-state index < -0.39 is 0 Å². The molecule has 0 spiro atoms. The van der Waals surface area contributed by atoms with Gasteiger partial charge in [-0.25, -0.2) is 4.98 Å². The van der Waals surface area contributed by atoms with Gasteiger partial charge in [-0.15, -0.1) is 11.6 Å². The first kappa shape index (κ1) is 10.7. The summed E-state index contributed by atoms with van der Waals surface area (Å²) in [7, 11) is 0. The average Bonchev–Trinajstić information content (AvgIpc) is 2.66. The highest BCUT2D eigenvalue weighted by molar-refractivity contribution is 9.10. The maximum Gasteiger partial charge on any atom is 0.209 e. The standard InChI is InChI=1S/C11H9BrClNO/c1-7-3-2-4-8(12)11(7)9-6-14-10(5-13)15-9/h2-4,6H,5H2,1H3. The van der Waals surface area contributed by atoms with E-state index in [4.69, 9.17) is 16.0 Å². The van der Waals surface area contributed by atoms with E-state index in [1.54, 1.807) is 6.20 Å². The Labute approximate surface area is 101 Å². The zero-order valence-corrected chi connectivity index (χ0v) is 10.5. The molecule has 4 heteroatoms. The fourth-order valence-corrected chi connectivity index (χ4v) is 2.22. The highest BCUT2D eigenvalue weighted by Crippen LogP contribution is 2.31. The summed E-state index contributed by atoms with van der Waals surface area (Å²) in [6, 6.07) is 6.00. The Kier molecular flexibility index (Phi) is 3.12. The van der Waals surface area contributed by atoms with Crippen LogP contribution in [0.5, 0.6) is 0 Å². The third kappa shape index (κ3) is 2.08. The van der Waals surface area contributed by atoms with Crippen LogP contribution in [-0.4, -0.2) is 4.98 Å². The summed E-state index contributed by atoms with van der Waals surface area (Å²) in [6.45, 7) is 2.03. The largest absolute Gasteiger partial charge is 0.439 e. The predicted molar refractivity (Wildman–Crippen MR) is 63.9 cm³/mol. The topological polar surface area (TPSA) is 26.0 Å². The molecule has 0 unspecified atom stereocenters. The lowest BCUT2D eigenvalue weighted by atomic mass is 10.1. The van der Waals surface area contributed by atoms with E-state index in [-0.39, 0.29) is 0 Å². The molecular weight excluding hydrogens is 277 g/mol. The van der Waals surface area contributed by atoms with E-state index in [2.05, 4.69) is 20.9 Å². The van der Waals surface area contributed by atoms with Crippen LogP contribution in [0.25, 0.3) is 11.3 Å². The number of aromatic nitrogens is 1. The monoisotopic (exact) mass is 285 g/mol. The molecule has 0 amide bonds. The number of hydrogen-bond donors (Lipinski definition) is 0. The van der Waals surface area contributed by atoms with Crippen molar-refractivity contribution in [3.05, 3.63) is 40.3 Å². The van der Waals surface area contributed by atoms with E-state index in [1.807, 2.05) is 25.1 Å². The van der Waals surface area contributed by atoms with Gasteiger partial charge in [0, 0.05) is 10.0 Å². The van der Waals surface area contributed by atoms with E-state index in [1.165, 1.54) is 0 Å². The average molecular weight is 287 g/mol. The summed E-state index contributed by atoms with van der Waals surface area (Å²) in [5.41, 5.74) is 2.17. The Balaban J connectivity index is 2.53. The van der Waals surface area contributed by atoms with Crippen LogP contribution in [-0.2, 0) is 5.88 Å². The first-order chi connectivity index (χ1) is 7.22. The summed E-state index contributed by atoms with van der Waals surface area (Å²) < 4.78 is 6.51. The van der Waals surface area contributed by atoms with Crippen LogP contribution in [0.4, 0.5) is 0 Å². The van der Waals surface area contributed by atoms with Gasteiger partial charge in [0.2, 0.25) is 5.89 Å². The molecular formula is C11H9BrClNO. The van der Waals surface area contributed by atoms with Crippen molar-refractivity contribution in [2.24, 2.45) is 0 Å². The van der Waals surface area contributed by atoms with Crippen molar-refractivity contribution < 1.29 is 4.42 Å². The normalized spacial score (nSPS) is 10.6. The molecule has 0 aliphatic rings. The van der Waals surface area contributed by atoms with Crippen LogP contribution in [0.2, 0.25) is 0 Å². The maximum absolute atomic E-state index is 5.64. The molecule has 0 aliphatic heterocycles. The molecule has 0 N–H and O–H groups in total. The number of aryl methyl sites for hydroxylation is 1. The second kappa shape index (κ2) is 4.37. The number of halogens is 2. The number of rotatable bonds is 2. The lowest BCUT2D eigenvalue weighted by molar-refractivity contribution is 0.528. The minimum absolute atomic E-state index is 0.295. The van der Waals surface area contributed by atoms with E-state index in [0.29, 0.717) is 11.8 Å². The minimum atomic E-state index is 0.295. The van der Waals surface area contributed by atoms with Crippen LogP contribution in [0.1, 0.15) is 11.5 Å². The first-order valence-electron chi connectivity index (χ1n) is 4.48. The van der Waals surface area contributed by atoms with Gasteiger partial charge in [-0.2, -0.15) is 0 Å². The van der Waals surface area contributed by atoms with Gasteiger partial charge in [0.15, 0.2) is 5.76 Å². The molecule has 0 radical (unpaired) electrons. The molecule has 1 heterocycles. The summed E-state index contributed by atoms with van der Waals surface area (Å²) in [6.07, 6.45) is 1.70. The van der Waals surface area contributed by atoms with Crippen molar-refractivity contribution in [2.45, 2.75) is 12.8 Å². The van der Waals surface area contributed by atoms with Gasteiger partial charge in [0.1, 0.15) is 0 Å². The maximum atomic E-state index is 5.64. The fraction of sp³-hybridized carbons (Fsp3) is 0.182. The molecule has 0 saturated heterocycles. The van der Waals surface area contributed by atoms with Gasteiger partial charge in [-0.05, 0) is 18.6 Å². The zero-order chi connectivity index (χ0) is 10.8. The highest BCUT2D eigenvalue weighted by atomic mass is 79.9. The molecule has 0 saturated carbocycles. The molecule has 0 fully saturated rings. The number of nitrogens with zero attached hydrogens (tertiary/aromatic N) is 1. The van der Waals surface area contributed by atoms with Crippen LogP contribution in [0.3, 0.4) is 0 Å². The third-order valence-electron chi connectivity index (χ3n) is 2.14. The molecule has 78 valence electrons. The Morgan fingerprint density at radius 1 is 1.47 bits per heavy atom. The van der Waals surface area contributed by atoms with Gasteiger partial charge < -0.3 is 4.42 Å². The van der Waals surface area contributed by atoms with Crippen LogP contribution < -0.4 is 0 Å². The molecule has 2 aromatic rings. The summed E-state index contributed by atoms with van der Waals surface area (Å²) in [4.78, 5) is 4.07. The first-order valence-corrected chi connectivity index (χ1v) is 5.81. The molecule has 15 heavy (non-hydrogen) atoms. The van der Waals surface area contributed by atoms with Gasteiger partial charge >= 0.3 is 0 Å². The zero-order valence-electron chi connectivity index (χ0n) is 8.13. The second-order valence-electron chi connectivity index (χ2n) is 3.18. The number of hydrogen-bond acceptors (Lipinski definition) is 2. The quantitative estimate of drug-likeness (QED) is 0.775. The van der Waals surface area contributed by atoms with Crippen molar-refractivity contribution in [1.82, 2.24) is 4.98 Å². The Morgan fingerprint density at radius 2 is 2.27 bits per heavy atom. The van der Waals surface area contributed by atoms with E-state index >= 15 is 0 Å². The number of benzene rings is 1. The minimum Gasteiger partial charge on any atom is -0.439 e. The Bertz CT molecular complexity index is 461. The molecule has 0 aliphatic carbocycles. The molecule has 0 bridgehead atoms. The van der Waals surface area contributed by atoms with Gasteiger partial charge in [0.25, 0.3) is 0 Å². The predicted octanol–water partition coefficient (Wildman–Crippen LogP) is 4.15. The molecule has 1 aromatic heterocycles. The van der Waals surface area contributed by atoms with Crippen molar-refractivity contribution >= 4 is 27.5 Å². The number of alkyl halides is 1. The van der Waals surface area contributed by atoms with E-state index in [0.717, 1.165) is 21.4 Å². The Morgan fingerprint density at radius 3 is 2.87 bits per heavy atom. The number of oxazole rings is 1. The summed E-state index contributed by atoms with van der Waals surface area (Å²) in [5.74, 6) is 1.58. The Hall–Kier alpha value is -0.800. The summed E-state index contributed by atoms with van der Waals surface area (Å²) >= 11 is 9.13. The molecule has 1 aromatic carbocycles. The van der Waals surface area contributed by atoms with Crippen LogP contribution in [0.15, 0.2) is 33.3 Å². The molecule has 2 rings (SSSR count). The van der Waals surface area contributed by atoms with Gasteiger partial charge in [0.05, 0.1) is 12.1 Å². The highest BCUT2D eigenvalue weighted by Gasteiger charge is 2.11. The lowest BCUT2D eigenvalue weighted by Gasteiger charge is -2.03. The van der Waals surface area contributed by atoms with E-state index in [9.17, 15) is 0 Å². The lowest BCUT2D eigenvalue weighted by Crippen LogP contribution is -1.82. The van der Waals surface area contributed by atoms with Gasteiger partial charge in [-0.3, -0.25) is 0 Å². The van der Waals surface area contributed by atoms with Crippen molar-refractivity contribution in [1.29, 1.82) is 0 Å². The SMILES string of the molecule is Cc1cccc(Br)c1-c1cnc(CCl)o1. The third-order valence-corrected chi connectivity index (χ3v) is 3.03. The molecule has 2 nitrogen and oxygen atoms in total. The van der Waals surface area contributed by atoms with Crippen molar-refractivity contribution in [3.8, 4) is 11.3 Å². The smallest absolute Gasteiger partial charge is 0.209 e. The summed E-state index contributed by atoms with van der Waals surface area (Å²) in [5, 5.41) is 0. The molecule has 0 atom stereocenters. The fourth-order valence-electron chi connectivity index (χ4n) is 1.43. The van der Waals surface area contributed by atoms with Crippen LogP contribution in [0, 0.1) is 6.92 Å². The van der Waals surface area contributed by atoms with Crippen molar-refractivity contribution in [3.63, 3.8) is 0 Å². The van der Waals surface area contributed by atoms with Crippen molar-refractivity contribution in [2.75, 3.05) is 0 Å². The van der Waals surface area contributed by atoms with Crippen LogP contribution >= 0.6 is 27.5 Å². The second-order valence-corrected chi connectivity index (χ2v) is 4.31. The van der Waals surface area contributed by atoms with Gasteiger partial charge in [-0.1, -0.05) is 28.1 Å².